The molecule has 0 aliphatic rings. The van der Waals surface area contributed by atoms with Crippen molar-refractivity contribution in [1.29, 1.82) is 0 Å². The fraction of sp³-hybridized carbons (Fsp3) is 0.364. The van der Waals surface area contributed by atoms with Crippen molar-refractivity contribution >= 4 is 17.4 Å². The second-order valence-corrected chi connectivity index (χ2v) is 3.88. The molecule has 0 saturated heterocycles. The van der Waals surface area contributed by atoms with Gasteiger partial charge in [0.05, 0.1) is 18.1 Å². The van der Waals surface area contributed by atoms with Gasteiger partial charge >= 0.3 is 6.61 Å². The fourth-order valence-corrected chi connectivity index (χ4v) is 1.38. The summed E-state index contributed by atoms with van der Waals surface area (Å²) in [5, 5.41) is -0.717. The molecule has 0 aromatic heterocycles. The number of Topliss-reactive ketones (excluding diaryl/α,β-unsaturated/α-hetero) is 1. The van der Waals surface area contributed by atoms with Crippen LogP contribution in [-0.2, 0) is 0 Å². The number of alkyl halides is 3. The number of methoxy groups -OCH3 is 1. The summed E-state index contributed by atoms with van der Waals surface area (Å²) in [7, 11) is 1.33. The molecule has 1 rings (SSSR count). The smallest absolute Gasteiger partial charge is 0.387 e. The number of hydrogen-bond donors (Lipinski definition) is 0. The van der Waals surface area contributed by atoms with E-state index in [1.54, 1.807) is 0 Å². The molecule has 1 unspecified atom stereocenters. The maximum atomic E-state index is 12.0. The first-order valence-electron chi connectivity index (χ1n) is 4.77. The van der Waals surface area contributed by atoms with Crippen molar-refractivity contribution in [1.82, 2.24) is 0 Å². The summed E-state index contributed by atoms with van der Waals surface area (Å²) in [5.41, 5.74) is 0.233. The number of hydrogen-bond acceptors (Lipinski definition) is 3. The van der Waals surface area contributed by atoms with Gasteiger partial charge < -0.3 is 9.47 Å². The molecule has 1 atom stereocenters. The number of carbonyl (C=O) groups excluding carboxylic acids is 1. The minimum Gasteiger partial charge on any atom is -0.496 e. The summed E-state index contributed by atoms with van der Waals surface area (Å²) in [5.74, 6) is -0.261. The first kappa shape index (κ1) is 13.7. The van der Waals surface area contributed by atoms with Crippen molar-refractivity contribution in [3.05, 3.63) is 23.8 Å². The molecular weight excluding hydrogens is 254 g/mol. The number of carbonyl (C=O) groups is 1. The molecule has 0 fully saturated rings. The van der Waals surface area contributed by atoms with Crippen molar-refractivity contribution in [2.24, 2.45) is 0 Å². The zero-order valence-corrected chi connectivity index (χ0v) is 10.0. The lowest BCUT2D eigenvalue weighted by Crippen LogP contribution is -2.12. The van der Waals surface area contributed by atoms with Crippen LogP contribution in [0.4, 0.5) is 8.78 Å². The van der Waals surface area contributed by atoms with Gasteiger partial charge in [0, 0.05) is 6.07 Å². The van der Waals surface area contributed by atoms with Crippen LogP contribution in [0.3, 0.4) is 0 Å². The largest absolute Gasteiger partial charge is 0.496 e. The van der Waals surface area contributed by atoms with Crippen molar-refractivity contribution in [3.63, 3.8) is 0 Å². The van der Waals surface area contributed by atoms with Crippen LogP contribution in [-0.4, -0.2) is 24.9 Å². The number of halogens is 3. The van der Waals surface area contributed by atoms with E-state index in [2.05, 4.69) is 4.74 Å². The monoisotopic (exact) mass is 264 g/mol. The first-order chi connectivity index (χ1) is 7.95. The molecule has 0 N–H and O–H groups in total. The van der Waals surface area contributed by atoms with E-state index in [1.807, 2.05) is 0 Å². The van der Waals surface area contributed by atoms with Crippen LogP contribution in [0.15, 0.2) is 18.2 Å². The van der Waals surface area contributed by atoms with Gasteiger partial charge in [0.1, 0.15) is 11.5 Å². The normalized spacial score (nSPS) is 12.4. The molecule has 0 aliphatic heterocycles. The molecule has 17 heavy (non-hydrogen) atoms. The molecular formula is C11H11ClF2O3. The predicted octanol–water partition coefficient (Wildman–Crippen LogP) is 3.11. The molecule has 0 bridgehead atoms. The molecule has 1 aromatic carbocycles. The van der Waals surface area contributed by atoms with E-state index in [-0.39, 0.29) is 22.8 Å². The molecule has 0 saturated carbocycles. The average molecular weight is 265 g/mol. The van der Waals surface area contributed by atoms with E-state index >= 15 is 0 Å². The summed E-state index contributed by atoms with van der Waals surface area (Å²) in [6.45, 7) is -1.40. The molecule has 3 nitrogen and oxygen atoms in total. The Bertz CT molecular complexity index is 408. The molecule has 94 valence electrons. The van der Waals surface area contributed by atoms with E-state index in [0.717, 1.165) is 0 Å². The highest BCUT2D eigenvalue weighted by atomic mass is 35.5. The van der Waals surface area contributed by atoms with Gasteiger partial charge in [0.2, 0.25) is 0 Å². The predicted molar refractivity (Wildman–Crippen MR) is 59.3 cm³/mol. The molecule has 0 aliphatic carbocycles. The molecule has 0 radical (unpaired) electrons. The quantitative estimate of drug-likeness (QED) is 0.605. The Morgan fingerprint density at radius 3 is 2.53 bits per heavy atom. The van der Waals surface area contributed by atoms with Crippen LogP contribution in [0, 0.1) is 0 Å². The third-order valence-electron chi connectivity index (χ3n) is 2.02. The van der Waals surface area contributed by atoms with Crippen molar-refractivity contribution < 1.29 is 23.0 Å². The van der Waals surface area contributed by atoms with Gasteiger partial charge in [-0.2, -0.15) is 8.78 Å². The van der Waals surface area contributed by atoms with E-state index < -0.39 is 12.0 Å². The van der Waals surface area contributed by atoms with Gasteiger partial charge in [-0.1, -0.05) is 0 Å². The summed E-state index contributed by atoms with van der Waals surface area (Å²) in [6, 6.07) is 3.83. The average Bonchev–Trinajstić information content (AvgIpc) is 2.27. The van der Waals surface area contributed by atoms with Gasteiger partial charge in [-0.15, -0.1) is 11.6 Å². The number of benzene rings is 1. The standard InChI is InChI=1S/C11H11ClF2O3/c1-6(12)10(15)8-4-3-7(17-11(13)14)5-9(8)16-2/h3-6,11H,1-2H3. The van der Waals surface area contributed by atoms with Gasteiger partial charge in [0.25, 0.3) is 0 Å². The van der Waals surface area contributed by atoms with Crippen LogP contribution >= 0.6 is 11.6 Å². The fourth-order valence-electron chi connectivity index (χ4n) is 1.27. The summed E-state index contributed by atoms with van der Waals surface area (Å²) >= 11 is 5.66. The van der Waals surface area contributed by atoms with Crippen LogP contribution < -0.4 is 9.47 Å². The van der Waals surface area contributed by atoms with Crippen molar-refractivity contribution in [3.8, 4) is 11.5 Å². The van der Waals surface area contributed by atoms with Crippen molar-refractivity contribution in [2.45, 2.75) is 18.9 Å². The highest BCUT2D eigenvalue weighted by Gasteiger charge is 2.18. The first-order valence-corrected chi connectivity index (χ1v) is 5.20. The Hall–Kier alpha value is -1.36. The Labute approximate surface area is 102 Å². The van der Waals surface area contributed by atoms with Crippen LogP contribution in [0.2, 0.25) is 0 Å². The van der Waals surface area contributed by atoms with E-state index in [4.69, 9.17) is 16.3 Å². The van der Waals surface area contributed by atoms with E-state index in [9.17, 15) is 13.6 Å². The topological polar surface area (TPSA) is 35.5 Å². The summed E-state index contributed by atoms with van der Waals surface area (Å²) in [6.07, 6.45) is 0. The Morgan fingerprint density at radius 1 is 1.41 bits per heavy atom. The second kappa shape index (κ2) is 5.82. The summed E-state index contributed by atoms with van der Waals surface area (Å²) in [4.78, 5) is 11.7. The number of ketones is 1. The maximum absolute atomic E-state index is 12.0. The molecule has 6 heteroatoms. The zero-order chi connectivity index (χ0) is 13.0. The van der Waals surface area contributed by atoms with Crippen LogP contribution in [0.5, 0.6) is 11.5 Å². The second-order valence-electron chi connectivity index (χ2n) is 3.22. The van der Waals surface area contributed by atoms with Gasteiger partial charge in [-0.25, -0.2) is 0 Å². The molecule has 0 amide bonds. The zero-order valence-electron chi connectivity index (χ0n) is 9.25. The molecule has 1 aromatic rings. The van der Waals surface area contributed by atoms with Crippen LogP contribution in [0.1, 0.15) is 17.3 Å². The number of ether oxygens (including phenoxy) is 2. The number of rotatable bonds is 5. The Kier molecular flexibility index (Phi) is 4.69. The van der Waals surface area contributed by atoms with Gasteiger partial charge in [0.15, 0.2) is 5.78 Å². The minimum atomic E-state index is -2.92. The lowest BCUT2D eigenvalue weighted by molar-refractivity contribution is -0.0499. The van der Waals surface area contributed by atoms with E-state index in [1.165, 1.54) is 32.2 Å². The maximum Gasteiger partial charge on any atom is 0.387 e. The Morgan fingerprint density at radius 2 is 2.06 bits per heavy atom. The van der Waals surface area contributed by atoms with E-state index in [0.29, 0.717) is 0 Å². The SMILES string of the molecule is COc1cc(OC(F)F)ccc1C(=O)C(C)Cl. The molecule has 0 spiro atoms. The highest BCUT2D eigenvalue weighted by Crippen LogP contribution is 2.27. The third-order valence-corrected chi connectivity index (χ3v) is 2.22. The van der Waals surface area contributed by atoms with Crippen LogP contribution in [0.25, 0.3) is 0 Å². The highest BCUT2D eigenvalue weighted by molar-refractivity contribution is 6.33. The third kappa shape index (κ3) is 3.56. The van der Waals surface area contributed by atoms with Gasteiger partial charge in [-0.3, -0.25) is 4.79 Å². The minimum absolute atomic E-state index is 0.0735. The Balaban J connectivity index is 3.05. The molecule has 0 heterocycles. The van der Waals surface area contributed by atoms with Gasteiger partial charge in [-0.05, 0) is 19.1 Å². The van der Waals surface area contributed by atoms with Crippen molar-refractivity contribution in [2.75, 3.05) is 7.11 Å². The lowest BCUT2D eigenvalue weighted by atomic mass is 10.1. The lowest BCUT2D eigenvalue weighted by Gasteiger charge is -2.11. The summed E-state index contributed by atoms with van der Waals surface area (Å²) < 4.78 is 33.1.